The first-order valence-electron chi connectivity index (χ1n) is 6.74. The summed E-state index contributed by atoms with van der Waals surface area (Å²) in [6, 6.07) is 0.492. The van der Waals surface area contributed by atoms with Crippen LogP contribution in [0.4, 0.5) is 0 Å². The smallest absolute Gasteiger partial charge is 0.313 e. The largest absolute Gasteiger partial charge is 0.343 e. The Hall–Kier alpha value is -0.750. The van der Waals surface area contributed by atoms with Gasteiger partial charge in [0.15, 0.2) is 5.16 Å². The fraction of sp³-hybridized carbons (Fsp3) is 0.833. The van der Waals surface area contributed by atoms with Gasteiger partial charge >= 0.3 is 5.69 Å². The summed E-state index contributed by atoms with van der Waals surface area (Å²) in [7, 11) is 0. The number of hydrogen-bond donors (Lipinski definition) is 2. The van der Waals surface area contributed by atoms with E-state index in [9.17, 15) is 4.79 Å². The molecular weight excluding hydrogens is 248 g/mol. The van der Waals surface area contributed by atoms with Gasteiger partial charge in [-0.3, -0.25) is 4.57 Å². The summed E-state index contributed by atoms with van der Waals surface area (Å²) in [5.41, 5.74) is -0.102. The second-order valence-corrected chi connectivity index (χ2v) is 5.30. The van der Waals surface area contributed by atoms with Gasteiger partial charge in [0.2, 0.25) is 0 Å². The van der Waals surface area contributed by atoms with E-state index in [1.54, 1.807) is 16.3 Å². The molecule has 0 aliphatic carbocycles. The molecule has 104 valence electrons. The van der Waals surface area contributed by atoms with Gasteiger partial charge in [-0.25, -0.2) is 9.89 Å². The van der Waals surface area contributed by atoms with Crippen molar-refractivity contribution in [3.63, 3.8) is 0 Å². The molecule has 2 N–H and O–H groups in total. The van der Waals surface area contributed by atoms with Crippen molar-refractivity contribution in [3.05, 3.63) is 10.5 Å². The van der Waals surface area contributed by atoms with Crippen LogP contribution in [0.3, 0.4) is 0 Å². The standard InChI is InChI=1S/C12H24N4OS/c1-4-7-10(13-6-3)9-18-12-15-14-11(17)16(12)8-5-2/h10,13H,4-9H2,1-3H3,(H,14,17). The Balaban J connectivity index is 2.58. The molecule has 0 aromatic carbocycles. The summed E-state index contributed by atoms with van der Waals surface area (Å²) < 4.78 is 1.72. The SMILES string of the molecule is CCCC(CSc1n[nH]c(=O)n1CCC)NCC. The number of aromatic amines is 1. The van der Waals surface area contributed by atoms with Crippen molar-refractivity contribution in [1.29, 1.82) is 0 Å². The molecule has 0 aliphatic heterocycles. The fourth-order valence-corrected chi connectivity index (χ4v) is 2.97. The molecule has 1 unspecified atom stereocenters. The Kier molecular flexibility index (Phi) is 7.12. The highest BCUT2D eigenvalue weighted by molar-refractivity contribution is 7.99. The summed E-state index contributed by atoms with van der Waals surface area (Å²) in [6.45, 7) is 8.09. The molecule has 1 heterocycles. The molecule has 0 amide bonds. The Morgan fingerprint density at radius 1 is 1.39 bits per heavy atom. The lowest BCUT2D eigenvalue weighted by molar-refractivity contribution is 0.529. The van der Waals surface area contributed by atoms with E-state index in [1.165, 1.54) is 6.42 Å². The predicted octanol–water partition coefficient (Wildman–Crippen LogP) is 1.85. The molecule has 0 fully saturated rings. The van der Waals surface area contributed by atoms with E-state index in [0.29, 0.717) is 6.04 Å². The number of rotatable bonds is 9. The van der Waals surface area contributed by atoms with Crippen LogP contribution in [0.5, 0.6) is 0 Å². The minimum atomic E-state index is -0.102. The lowest BCUT2D eigenvalue weighted by Crippen LogP contribution is -2.31. The van der Waals surface area contributed by atoms with Crippen LogP contribution in [-0.4, -0.2) is 33.1 Å². The molecule has 18 heavy (non-hydrogen) atoms. The van der Waals surface area contributed by atoms with Crippen LogP contribution in [0.1, 0.15) is 40.0 Å². The van der Waals surface area contributed by atoms with E-state index in [-0.39, 0.29) is 5.69 Å². The third-order valence-corrected chi connectivity index (χ3v) is 3.85. The molecule has 1 aromatic rings. The highest BCUT2D eigenvalue weighted by Gasteiger charge is 2.12. The number of hydrogen-bond acceptors (Lipinski definition) is 4. The Morgan fingerprint density at radius 3 is 2.78 bits per heavy atom. The number of nitrogens with zero attached hydrogens (tertiary/aromatic N) is 2. The quantitative estimate of drug-likeness (QED) is 0.674. The lowest BCUT2D eigenvalue weighted by Gasteiger charge is -2.16. The Bertz CT molecular complexity index is 382. The van der Waals surface area contributed by atoms with Crippen molar-refractivity contribution in [3.8, 4) is 0 Å². The van der Waals surface area contributed by atoms with Gasteiger partial charge in [-0.15, -0.1) is 5.10 Å². The Labute approximate surface area is 113 Å². The zero-order valence-corrected chi connectivity index (χ0v) is 12.3. The van der Waals surface area contributed by atoms with Crippen LogP contribution in [0.15, 0.2) is 9.95 Å². The van der Waals surface area contributed by atoms with Gasteiger partial charge in [0.05, 0.1) is 0 Å². The average molecular weight is 272 g/mol. The van der Waals surface area contributed by atoms with Gasteiger partial charge in [0, 0.05) is 18.3 Å². The normalized spacial score (nSPS) is 12.8. The molecule has 0 spiro atoms. The molecule has 0 saturated carbocycles. The van der Waals surface area contributed by atoms with E-state index in [2.05, 4.69) is 36.3 Å². The summed E-state index contributed by atoms with van der Waals surface area (Å²) in [4.78, 5) is 11.5. The summed E-state index contributed by atoms with van der Waals surface area (Å²) >= 11 is 1.65. The van der Waals surface area contributed by atoms with Crippen molar-refractivity contribution in [2.45, 2.75) is 57.8 Å². The molecule has 1 aromatic heterocycles. The van der Waals surface area contributed by atoms with Gasteiger partial charge in [0.1, 0.15) is 0 Å². The molecule has 0 bridgehead atoms. The lowest BCUT2D eigenvalue weighted by atomic mass is 10.2. The van der Waals surface area contributed by atoms with Crippen LogP contribution in [-0.2, 0) is 6.54 Å². The van der Waals surface area contributed by atoms with E-state index >= 15 is 0 Å². The molecular formula is C12H24N4OS. The second kappa shape index (κ2) is 8.37. The van der Waals surface area contributed by atoms with Crippen molar-refractivity contribution in [1.82, 2.24) is 20.1 Å². The topological polar surface area (TPSA) is 62.7 Å². The number of nitrogens with one attached hydrogen (secondary N) is 2. The third-order valence-electron chi connectivity index (χ3n) is 2.71. The third kappa shape index (κ3) is 4.49. The summed E-state index contributed by atoms with van der Waals surface area (Å²) in [6.07, 6.45) is 3.27. The average Bonchev–Trinajstić information content (AvgIpc) is 2.69. The first-order chi connectivity index (χ1) is 8.72. The van der Waals surface area contributed by atoms with Gasteiger partial charge in [-0.1, -0.05) is 39.0 Å². The van der Waals surface area contributed by atoms with Gasteiger partial charge in [0.25, 0.3) is 0 Å². The first kappa shape index (κ1) is 15.3. The first-order valence-corrected chi connectivity index (χ1v) is 7.72. The minimum Gasteiger partial charge on any atom is -0.313 e. The molecule has 0 aliphatic rings. The maximum atomic E-state index is 11.5. The van der Waals surface area contributed by atoms with Crippen LogP contribution < -0.4 is 11.0 Å². The van der Waals surface area contributed by atoms with Crippen LogP contribution in [0.25, 0.3) is 0 Å². The van der Waals surface area contributed by atoms with Crippen molar-refractivity contribution >= 4 is 11.8 Å². The molecule has 0 saturated heterocycles. The number of thioether (sulfide) groups is 1. The maximum absolute atomic E-state index is 11.5. The number of aromatic nitrogens is 3. The van der Waals surface area contributed by atoms with E-state index in [0.717, 1.165) is 36.8 Å². The summed E-state index contributed by atoms with van der Waals surface area (Å²) in [5.74, 6) is 0.954. The van der Waals surface area contributed by atoms with Crippen LogP contribution in [0.2, 0.25) is 0 Å². The van der Waals surface area contributed by atoms with E-state index < -0.39 is 0 Å². The van der Waals surface area contributed by atoms with Gasteiger partial charge in [-0.05, 0) is 19.4 Å². The maximum Gasteiger partial charge on any atom is 0.343 e. The second-order valence-electron chi connectivity index (χ2n) is 4.32. The van der Waals surface area contributed by atoms with Crippen molar-refractivity contribution in [2.75, 3.05) is 12.3 Å². The molecule has 5 nitrogen and oxygen atoms in total. The van der Waals surface area contributed by atoms with Gasteiger partial charge < -0.3 is 5.32 Å². The summed E-state index contributed by atoms with van der Waals surface area (Å²) in [5, 5.41) is 10.9. The molecule has 1 atom stereocenters. The highest BCUT2D eigenvalue weighted by atomic mass is 32.2. The minimum absolute atomic E-state index is 0.102. The van der Waals surface area contributed by atoms with Crippen LogP contribution in [0, 0.1) is 0 Å². The molecule has 6 heteroatoms. The zero-order chi connectivity index (χ0) is 13.4. The monoisotopic (exact) mass is 272 g/mol. The highest BCUT2D eigenvalue weighted by Crippen LogP contribution is 2.16. The Morgan fingerprint density at radius 2 is 2.17 bits per heavy atom. The van der Waals surface area contributed by atoms with Crippen molar-refractivity contribution in [2.24, 2.45) is 0 Å². The molecule has 0 radical (unpaired) electrons. The van der Waals surface area contributed by atoms with Crippen molar-refractivity contribution < 1.29 is 0 Å². The van der Waals surface area contributed by atoms with Gasteiger partial charge in [-0.2, -0.15) is 0 Å². The predicted molar refractivity (Wildman–Crippen MR) is 76.2 cm³/mol. The van der Waals surface area contributed by atoms with E-state index in [4.69, 9.17) is 0 Å². The van der Waals surface area contributed by atoms with E-state index in [1.807, 2.05) is 0 Å². The number of H-pyrrole nitrogens is 1. The van der Waals surface area contributed by atoms with Crippen LogP contribution >= 0.6 is 11.8 Å². The zero-order valence-electron chi connectivity index (χ0n) is 11.5. The molecule has 1 rings (SSSR count). The fourth-order valence-electron chi connectivity index (χ4n) is 1.89.